The van der Waals surface area contributed by atoms with Gasteiger partial charge in [0.1, 0.15) is 0 Å². The zero-order valence-corrected chi connectivity index (χ0v) is 20.4. The van der Waals surface area contributed by atoms with Crippen molar-refractivity contribution < 1.29 is 4.79 Å². The molecule has 0 saturated carbocycles. The highest BCUT2D eigenvalue weighted by Crippen LogP contribution is 2.21. The van der Waals surface area contributed by atoms with Crippen LogP contribution in [-0.4, -0.2) is 66.5 Å². The quantitative estimate of drug-likeness (QED) is 0.454. The molecule has 0 aromatic heterocycles. The monoisotopic (exact) mass is 441 g/mol. The number of piperidine rings is 1. The van der Waals surface area contributed by atoms with Gasteiger partial charge in [0.05, 0.1) is 6.54 Å². The van der Waals surface area contributed by atoms with Crippen LogP contribution in [-0.2, 0) is 11.3 Å². The lowest BCUT2D eigenvalue weighted by Crippen LogP contribution is -2.50. The third-order valence-corrected chi connectivity index (χ3v) is 7.01. The third kappa shape index (κ3) is 6.96. The summed E-state index contributed by atoms with van der Waals surface area (Å²) >= 11 is 0. The molecule has 2 heterocycles. The molecule has 3 rings (SSSR count). The minimum Gasteiger partial charge on any atom is -0.357 e. The summed E-state index contributed by atoms with van der Waals surface area (Å²) in [5.41, 5.74) is 1.38. The molecule has 2 saturated heterocycles. The summed E-state index contributed by atoms with van der Waals surface area (Å²) in [6.07, 6.45) is 6.31. The number of likely N-dealkylation sites (tertiary alicyclic amines) is 2. The highest BCUT2D eigenvalue weighted by atomic mass is 16.2. The number of hydrogen-bond donors (Lipinski definition) is 2. The predicted octanol–water partition coefficient (Wildman–Crippen LogP) is 3.63. The topological polar surface area (TPSA) is 60.0 Å². The zero-order valence-electron chi connectivity index (χ0n) is 20.4. The first-order chi connectivity index (χ1) is 15.6. The van der Waals surface area contributed by atoms with Crippen LogP contribution in [0.1, 0.15) is 64.9 Å². The molecule has 1 unspecified atom stereocenters. The number of hydrogen-bond acceptors (Lipinski definition) is 3. The summed E-state index contributed by atoms with van der Waals surface area (Å²) in [7, 11) is 0. The van der Waals surface area contributed by atoms with Crippen LogP contribution in [0.3, 0.4) is 0 Å². The van der Waals surface area contributed by atoms with Gasteiger partial charge in [0.2, 0.25) is 5.91 Å². The Kier molecular flexibility index (Phi) is 9.85. The minimum absolute atomic E-state index is 0.184. The summed E-state index contributed by atoms with van der Waals surface area (Å²) in [5.74, 6) is 1.45. The summed E-state index contributed by atoms with van der Waals surface area (Å²) in [4.78, 5) is 22.3. The first-order valence-corrected chi connectivity index (χ1v) is 12.8. The van der Waals surface area contributed by atoms with E-state index in [9.17, 15) is 4.79 Å². The van der Waals surface area contributed by atoms with Crippen molar-refractivity contribution in [1.82, 2.24) is 20.4 Å². The van der Waals surface area contributed by atoms with Gasteiger partial charge in [-0.05, 0) is 57.6 Å². The summed E-state index contributed by atoms with van der Waals surface area (Å²) in [6.45, 7) is 11.9. The molecule has 6 nitrogen and oxygen atoms in total. The molecule has 0 bridgehead atoms. The minimum atomic E-state index is 0.184. The second-order valence-electron chi connectivity index (χ2n) is 9.23. The lowest BCUT2D eigenvalue weighted by Gasteiger charge is -2.35. The van der Waals surface area contributed by atoms with Crippen molar-refractivity contribution in [2.45, 2.75) is 77.9 Å². The largest absolute Gasteiger partial charge is 0.357 e. The van der Waals surface area contributed by atoms with Gasteiger partial charge in [-0.15, -0.1) is 0 Å². The predicted molar refractivity (Wildman–Crippen MR) is 133 cm³/mol. The van der Waals surface area contributed by atoms with Gasteiger partial charge >= 0.3 is 0 Å². The molecule has 0 aliphatic carbocycles. The van der Waals surface area contributed by atoms with Crippen LogP contribution < -0.4 is 10.6 Å². The Bertz CT molecular complexity index is 710. The van der Waals surface area contributed by atoms with E-state index in [-0.39, 0.29) is 5.92 Å². The van der Waals surface area contributed by atoms with E-state index in [2.05, 4.69) is 71.5 Å². The first-order valence-electron chi connectivity index (χ1n) is 12.8. The van der Waals surface area contributed by atoms with Gasteiger partial charge in [0.15, 0.2) is 5.96 Å². The SMILES string of the molecule is CCNC(=NCC1CCCN1Cc1ccccc1)NC1CCN(C(=O)C(CC)CC)CC1. The molecule has 178 valence electrons. The van der Waals surface area contributed by atoms with Crippen molar-refractivity contribution in [2.24, 2.45) is 10.9 Å². The van der Waals surface area contributed by atoms with Gasteiger partial charge in [-0.3, -0.25) is 14.7 Å². The second kappa shape index (κ2) is 12.8. The van der Waals surface area contributed by atoms with E-state index in [4.69, 9.17) is 4.99 Å². The summed E-state index contributed by atoms with van der Waals surface area (Å²) in [6, 6.07) is 11.6. The van der Waals surface area contributed by atoms with Crippen molar-refractivity contribution in [1.29, 1.82) is 0 Å². The Morgan fingerprint density at radius 3 is 2.44 bits per heavy atom. The van der Waals surface area contributed by atoms with Crippen LogP contribution in [0.4, 0.5) is 0 Å². The van der Waals surface area contributed by atoms with E-state index in [1.54, 1.807) is 0 Å². The average Bonchev–Trinajstić information content (AvgIpc) is 3.26. The standard InChI is InChI=1S/C26H43N5O/c1-4-22(5-2)25(32)30-17-14-23(15-18-30)29-26(27-6-3)28-19-24-13-10-16-31(24)20-21-11-8-7-9-12-21/h7-9,11-12,22-24H,4-6,10,13-20H2,1-3H3,(H2,27,28,29). The second-order valence-corrected chi connectivity index (χ2v) is 9.23. The molecule has 32 heavy (non-hydrogen) atoms. The van der Waals surface area contributed by atoms with Crippen LogP contribution in [0.25, 0.3) is 0 Å². The number of aliphatic imine (C=N–C) groups is 1. The van der Waals surface area contributed by atoms with Gasteiger partial charge in [-0.2, -0.15) is 0 Å². The van der Waals surface area contributed by atoms with E-state index in [1.165, 1.54) is 18.4 Å². The van der Waals surface area contributed by atoms with Crippen molar-refractivity contribution >= 4 is 11.9 Å². The summed E-state index contributed by atoms with van der Waals surface area (Å²) < 4.78 is 0. The molecule has 2 aliphatic rings. The molecular formula is C26H43N5O. The maximum Gasteiger partial charge on any atom is 0.225 e. The molecule has 1 aromatic carbocycles. The highest BCUT2D eigenvalue weighted by Gasteiger charge is 2.27. The van der Waals surface area contributed by atoms with Crippen LogP contribution in [0, 0.1) is 5.92 Å². The fourth-order valence-electron chi connectivity index (χ4n) is 4.98. The molecule has 2 fully saturated rings. The Morgan fingerprint density at radius 1 is 1.06 bits per heavy atom. The van der Waals surface area contributed by atoms with Crippen LogP contribution in [0.2, 0.25) is 0 Å². The number of rotatable bonds is 9. The van der Waals surface area contributed by atoms with E-state index < -0.39 is 0 Å². The number of nitrogens with one attached hydrogen (secondary N) is 2. The average molecular weight is 442 g/mol. The van der Waals surface area contributed by atoms with Crippen LogP contribution in [0.5, 0.6) is 0 Å². The first kappa shape index (κ1) is 24.6. The lowest BCUT2D eigenvalue weighted by atomic mass is 9.98. The smallest absolute Gasteiger partial charge is 0.225 e. The molecule has 1 amide bonds. The molecule has 0 radical (unpaired) electrons. The van der Waals surface area contributed by atoms with Gasteiger partial charge in [-0.25, -0.2) is 0 Å². The van der Waals surface area contributed by atoms with Crippen LogP contribution >= 0.6 is 0 Å². The number of nitrogens with zero attached hydrogens (tertiary/aromatic N) is 3. The third-order valence-electron chi connectivity index (χ3n) is 7.01. The van der Waals surface area contributed by atoms with E-state index in [0.717, 1.165) is 70.9 Å². The van der Waals surface area contributed by atoms with E-state index in [1.807, 2.05) is 0 Å². The molecule has 0 spiro atoms. The molecule has 2 N–H and O–H groups in total. The van der Waals surface area contributed by atoms with Gasteiger partial charge in [0.25, 0.3) is 0 Å². The fraction of sp³-hybridized carbons (Fsp3) is 0.692. The molecular weight excluding hydrogens is 398 g/mol. The zero-order chi connectivity index (χ0) is 22.8. The molecule has 1 aromatic rings. The Balaban J connectivity index is 1.50. The number of amides is 1. The summed E-state index contributed by atoms with van der Waals surface area (Å²) in [5, 5.41) is 7.07. The van der Waals surface area contributed by atoms with Crippen molar-refractivity contribution in [3.63, 3.8) is 0 Å². The number of guanidine groups is 1. The molecule has 6 heteroatoms. The lowest BCUT2D eigenvalue weighted by molar-refractivity contribution is -0.136. The Labute approximate surface area is 194 Å². The van der Waals surface area contributed by atoms with Gasteiger partial charge < -0.3 is 15.5 Å². The Morgan fingerprint density at radius 2 is 1.78 bits per heavy atom. The fourth-order valence-corrected chi connectivity index (χ4v) is 4.98. The molecule has 1 atom stereocenters. The van der Waals surface area contributed by atoms with E-state index >= 15 is 0 Å². The van der Waals surface area contributed by atoms with Gasteiger partial charge in [0, 0.05) is 44.2 Å². The van der Waals surface area contributed by atoms with Crippen molar-refractivity contribution in [3.05, 3.63) is 35.9 Å². The maximum atomic E-state index is 12.7. The maximum absolute atomic E-state index is 12.7. The number of carbonyl (C=O) groups excluding carboxylic acids is 1. The van der Waals surface area contributed by atoms with Gasteiger partial charge in [-0.1, -0.05) is 44.2 Å². The normalized spacial score (nSPS) is 20.7. The van der Waals surface area contributed by atoms with Crippen molar-refractivity contribution in [2.75, 3.05) is 32.7 Å². The number of benzene rings is 1. The molecule has 2 aliphatic heterocycles. The van der Waals surface area contributed by atoms with E-state index in [0.29, 0.717) is 18.0 Å². The Hall–Kier alpha value is -2.08. The number of carbonyl (C=O) groups is 1. The van der Waals surface area contributed by atoms with Crippen LogP contribution in [0.15, 0.2) is 35.3 Å². The highest BCUT2D eigenvalue weighted by molar-refractivity contribution is 5.80. The van der Waals surface area contributed by atoms with Crippen molar-refractivity contribution in [3.8, 4) is 0 Å².